The zero-order valence-electron chi connectivity index (χ0n) is 11.1. The van der Waals surface area contributed by atoms with Crippen LogP contribution in [0.1, 0.15) is 36.9 Å². The van der Waals surface area contributed by atoms with Gasteiger partial charge in [-0.15, -0.1) is 0 Å². The van der Waals surface area contributed by atoms with E-state index in [-0.39, 0.29) is 5.92 Å². The van der Waals surface area contributed by atoms with Crippen LogP contribution in [0.25, 0.3) is 0 Å². The molecule has 0 aromatic carbocycles. The van der Waals surface area contributed by atoms with Gasteiger partial charge in [0.05, 0.1) is 5.92 Å². The third-order valence-electron chi connectivity index (χ3n) is 4.35. The van der Waals surface area contributed by atoms with Crippen LogP contribution in [0.2, 0.25) is 0 Å². The minimum Gasteiger partial charge on any atom is -0.481 e. The monoisotopic (exact) mass is 260 g/mol. The summed E-state index contributed by atoms with van der Waals surface area (Å²) in [5, 5.41) is 12.2. The molecule has 0 spiro atoms. The van der Waals surface area contributed by atoms with E-state index in [4.69, 9.17) is 5.11 Å². The van der Waals surface area contributed by atoms with Gasteiger partial charge < -0.3 is 10.4 Å². The van der Waals surface area contributed by atoms with Crippen LogP contribution in [-0.4, -0.2) is 22.6 Å². The van der Waals surface area contributed by atoms with Crippen molar-refractivity contribution in [2.45, 2.75) is 38.5 Å². The Balaban J connectivity index is 1.52. The Hall–Kier alpha value is -1.58. The lowest BCUT2D eigenvalue weighted by Crippen LogP contribution is -2.30. The standard InChI is InChI=1S/C15H20N2O2/c18-15(19)12-8-10(9-12)3-5-13-6-4-11-2-1-7-16-14(11)17-13/h4,6,10,12H,1-3,5,7-9H2,(H,16,17)(H,18,19)/t10-,12-. The molecule has 1 saturated carbocycles. The predicted molar refractivity (Wildman–Crippen MR) is 73.2 cm³/mol. The molecule has 3 rings (SSSR count). The van der Waals surface area contributed by atoms with Crippen molar-refractivity contribution < 1.29 is 9.90 Å². The summed E-state index contributed by atoms with van der Waals surface area (Å²) in [6.45, 7) is 1.02. The number of hydrogen-bond acceptors (Lipinski definition) is 3. The summed E-state index contributed by atoms with van der Waals surface area (Å²) in [7, 11) is 0. The Bertz CT molecular complexity index is 481. The lowest BCUT2D eigenvalue weighted by Gasteiger charge is -2.32. The number of nitrogens with one attached hydrogen (secondary N) is 1. The van der Waals surface area contributed by atoms with E-state index in [1.807, 2.05) is 0 Å². The highest BCUT2D eigenvalue weighted by atomic mass is 16.4. The number of carbonyl (C=O) groups is 1. The number of aromatic nitrogens is 1. The number of fused-ring (bicyclic) bond motifs is 1. The topological polar surface area (TPSA) is 62.2 Å². The molecule has 0 saturated heterocycles. The molecule has 0 bridgehead atoms. The second-order valence-electron chi connectivity index (χ2n) is 5.75. The van der Waals surface area contributed by atoms with Crippen LogP contribution in [0.3, 0.4) is 0 Å². The molecule has 1 aliphatic heterocycles. The Morgan fingerprint density at radius 1 is 1.42 bits per heavy atom. The smallest absolute Gasteiger partial charge is 0.306 e. The minimum atomic E-state index is -0.632. The van der Waals surface area contributed by atoms with Gasteiger partial charge in [-0.05, 0) is 56.1 Å². The van der Waals surface area contributed by atoms with Gasteiger partial charge in [-0.3, -0.25) is 4.79 Å². The number of anilines is 1. The number of carboxylic acid groups (broad SMARTS) is 1. The van der Waals surface area contributed by atoms with E-state index in [0.29, 0.717) is 5.92 Å². The van der Waals surface area contributed by atoms with Crippen molar-refractivity contribution in [2.75, 3.05) is 11.9 Å². The Morgan fingerprint density at radius 2 is 2.26 bits per heavy atom. The third-order valence-corrected chi connectivity index (χ3v) is 4.35. The fourth-order valence-electron chi connectivity index (χ4n) is 3.03. The lowest BCUT2D eigenvalue weighted by atomic mass is 9.72. The second-order valence-corrected chi connectivity index (χ2v) is 5.75. The molecule has 2 aliphatic rings. The number of aliphatic carboxylic acids is 1. The molecule has 0 amide bonds. The van der Waals surface area contributed by atoms with Crippen LogP contribution in [0.5, 0.6) is 0 Å². The molecular formula is C15H20N2O2. The van der Waals surface area contributed by atoms with Crippen molar-refractivity contribution in [3.63, 3.8) is 0 Å². The van der Waals surface area contributed by atoms with Crippen molar-refractivity contribution in [3.05, 3.63) is 23.4 Å². The highest BCUT2D eigenvalue weighted by Crippen LogP contribution is 2.36. The van der Waals surface area contributed by atoms with E-state index in [2.05, 4.69) is 22.4 Å². The van der Waals surface area contributed by atoms with Gasteiger partial charge in [-0.25, -0.2) is 4.98 Å². The largest absolute Gasteiger partial charge is 0.481 e. The van der Waals surface area contributed by atoms with Crippen LogP contribution in [0.4, 0.5) is 5.82 Å². The normalized spacial score (nSPS) is 25.1. The van der Waals surface area contributed by atoms with Gasteiger partial charge in [0, 0.05) is 12.2 Å². The lowest BCUT2D eigenvalue weighted by molar-refractivity contribution is -0.146. The third kappa shape index (κ3) is 2.72. The molecule has 4 heteroatoms. The van der Waals surface area contributed by atoms with Gasteiger partial charge in [0.15, 0.2) is 0 Å². The molecule has 2 N–H and O–H groups in total. The average Bonchev–Trinajstić information content (AvgIpc) is 2.36. The maximum atomic E-state index is 10.7. The van der Waals surface area contributed by atoms with Crippen molar-refractivity contribution in [2.24, 2.45) is 11.8 Å². The van der Waals surface area contributed by atoms with Crippen LogP contribution in [0.15, 0.2) is 12.1 Å². The van der Waals surface area contributed by atoms with E-state index < -0.39 is 5.97 Å². The minimum absolute atomic E-state index is 0.0943. The SMILES string of the molecule is O=C(O)[C@H]1C[C@H](CCc2ccc3c(n2)NCCC3)C1. The van der Waals surface area contributed by atoms with E-state index in [0.717, 1.165) is 50.2 Å². The molecule has 1 aliphatic carbocycles. The summed E-state index contributed by atoms with van der Waals surface area (Å²) in [5.74, 6) is 0.906. The van der Waals surface area contributed by atoms with Gasteiger partial charge in [-0.2, -0.15) is 0 Å². The number of nitrogens with zero attached hydrogens (tertiary/aromatic N) is 1. The number of aryl methyl sites for hydroxylation is 2. The first-order valence-corrected chi connectivity index (χ1v) is 7.18. The van der Waals surface area contributed by atoms with Crippen LogP contribution in [-0.2, 0) is 17.6 Å². The molecule has 102 valence electrons. The molecule has 19 heavy (non-hydrogen) atoms. The summed E-state index contributed by atoms with van der Waals surface area (Å²) in [4.78, 5) is 15.4. The van der Waals surface area contributed by atoms with Crippen molar-refractivity contribution in [1.82, 2.24) is 4.98 Å². The van der Waals surface area contributed by atoms with Crippen LogP contribution >= 0.6 is 0 Å². The van der Waals surface area contributed by atoms with Gasteiger partial charge in [0.1, 0.15) is 5.82 Å². The molecule has 0 atom stereocenters. The summed E-state index contributed by atoms with van der Waals surface area (Å²) >= 11 is 0. The highest BCUT2D eigenvalue weighted by Gasteiger charge is 2.33. The fraction of sp³-hybridized carbons (Fsp3) is 0.600. The van der Waals surface area contributed by atoms with Gasteiger partial charge in [-0.1, -0.05) is 6.07 Å². The predicted octanol–water partition coefficient (Wildman–Crippen LogP) is 2.48. The van der Waals surface area contributed by atoms with Crippen molar-refractivity contribution in [3.8, 4) is 0 Å². The van der Waals surface area contributed by atoms with E-state index in [1.54, 1.807) is 0 Å². The Labute approximate surface area is 113 Å². The number of rotatable bonds is 4. The van der Waals surface area contributed by atoms with Gasteiger partial charge in [0.2, 0.25) is 0 Å². The quantitative estimate of drug-likeness (QED) is 0.873. The summed E-state index contributed by atoms with van der Waals surface area (Å²) in [5.41, 5.74) is 2.46. The molecule has 1 aromatic heterocycles. The number of pyridine rings is 1. The maximum Gasteiger partial charge on any atom is 0.306 e. The average molecular weight is 260 g/mol. The Kier molecular flexibility index (Phi) is 3.40. The fourth-order valence-corrected chi connectivity index (χ4v) is 3.03. The molecule has 4 nitrogen and oxygen atoms in total. The molecule has 1 aromatic rings. The molecule has 0 unspecified atom stereocenters. The molecular weight excluding hydrogens is 240 g/mol. The summed E-state index contributed by atoms with van der Waals surface area (Å²) in [6, 6.07) is 4.31. The first kappa shape index (κ1) is 12.5. The first-order chi connectivity index (χ1) is 9.22. The molecule has 1 fully saturated rings. The van der Waals surface area contributed by atoms with Crippen molar-refractivity contribution >= 4 is 11.8 Å². The first-order valence-electron chi connectivity index (χ1n) is 7.18. The Morgan fingerprint density at radius 3 is 3.05 bits per heavy atom. The van der Waals surface area contributed by atoms with Crippen LogP contribution < -0.4 is 5.32 Å². The van der Waals surface area contributed by atoms with E-state index in [9.17, 15) is 4.79 Å². The zero-order valence-corrected chi connectivity index (χ0v) is 11.1. The van der Waals surface area contributed by atoms with Crippen molar-refractivity contribution in [1.29, 1.82) is 0 Å². The molecule has 0 radical (unpaired) electrons. The zero-order chi connectivity index (χ0) is 13.2. The second kappa shape index (κ2) is 5.19. The highest BCUT2D eigenvalue weighted by molar-refractivity contribution is 5.71. The molecule has 2 heterocycles. The summed E-state index contributed by atoms with van der Waals surface area (Å²) < 4.78 is 0. The van der Waals surface area contributed by atoms with Gasteiger partial charge in [0.25, 0.3) is 0 Å². The maximum absolute atomic E-state index is 10.7. The number of hydrogen-bond donors (Lipinski definition) is 2. The van der Waals surface area contributed by atoms with E-state index >= 15 is 0 Å². The van der Waals surface area contributed by atoms with Crippen LogP contribution in [0, 0.1) is 11.8 Å². The number of carboxylic acids is 1. The van der Waals surface area contributed by atoms with Gasteiger partial charge >= 0.3 is 5.97 Å². The van der Waals surface area contributed by atoms with E-state index in [1.165, 1.54) is 12.0 Å². The summed E-state index contributed by atoms with van der Waals surface area (Å²) in [6.07, 6.45) is 6.03.